The lowest BCUT2D eigenvalue weighted by molar-refractivity contribution is -0.892. The molecule has 0 atom stereocenters. The highest BCUT2D eigenvalue weighted by Crippen LogP contribution is 2.26. The van der Waals surface area contributed by atoms with Crippen molar-refractivity contribution in [3.05, 3.63) is 65.9 Å². The molecule has 0 unspecified atom stereocenters. The van der Waals surface area contributed by atoms with Gasteiger partial charge in [-0.3, -0.25) is 4.79 Å². The maximum Gasteiger partial charge on any atom is 0.280 e. The number of aryl methyl sites for hydroxylation is 2. The standard InChI is InChI=1S/C23H27N5O2/c1-17-7-9-19(10-8-17)28-22(15-18(2)25-28)24-23(30)16-26-11-13-27(14-12-26)20-5-3-4-6-21(20)29/h3-10,15,29H,11-14,16H2,1-2H3,(H,24,30)/p+1. The van der Waals surface area contributed by atoms with E-state index in [1.54, 1.807) is 10.7 Å². The summed E-state index contributed by atoms with van der Waals surface area (Å²) in [5.41, 5.74) is 3.82. The lowest BCUT2D eigenvalue weighted by Crippen LogP contribution is -3.15. The Kier molecular flexibility index (Phi) is 5.72. The summed E-state index contributed by atoms with van der Waals surface area (Å²) in [6.07, 6.45) is 0. The number of benzene rings is 2. The maximum absolute atomic E-state index is 12.7. The van der Waals surface area contributed by atoms with Gasteiger partial charge in [0.1, 0.15) is 11.6 Å². The molecular formula is C23H28N5O2+. The molecule has 3 N–H and O–H groups in total. The van der Waals surface area contributed by atoms with Crippen molar-refractivity contribution < 1.29 is 14.8 Å². The van der Waals surface area contributed by atoms with E-state index in [-0.39, 0.29) is 5.91 Å². The van der Waals surface area contributed by atoms with E-state index in [4.69, 9.17) is 0 Å². The van der Waals surface area contributed by atoms with E-state index in [2.05, 4.69) is 15.3 Å². The normalized spacial score (nSPS) is 14.7. The fourth-order valence-electron chi connectivity index (χ4n) is 3.86. The zero-order chi connectivity index (χ0) is 21.1. The monoisotopic (exact) mass is 406 g/mol. The molecule has 0 radical (unpaired) electrons. The van der Waals surface area contributed by atoms with Gasteiger partial charge in [-0.15, -0.1) is 0 Å². The average Bonchev–Trinajstić information content (AvgIpc) is 3.09. The first-order valence-corrected chi connectivity index (χ1v) is 10.3. The van der Waals surface area contributed by atoms with E-state index in [0.29, 0.717) is 18.1 Å². The number of nitrogens with one attached hydrogen (secondary N) is 2. The third-order valence-corrected chi connectivity index (χ3v) is 5.48. The number of anilines is 2. The molecule has 0 bridgehead atoms. The third kappa shape index (κ3) is 4.46. The molecule has 0 aliphatic carbocycles. The molecule has 156 valence electrons. The number of hydrogen-bond acceptors (Lipinski definition) is 4. The van der Waals surface area contributed by atoms with Crippen LogP contribution in [-0.4, -0.2) is 53.5 Å². The van der Waals surface area contributed by atoms with Gasteiger partial charge in [-0.05, 0) is 38.1 Å². The second-order valence-corrected chi connectivity index (χ2v) is 7.87. The van der Waals surface area contributed by atoms with Crippen molar-refractivity contribution in [1.29, 1.82) is 0 Å². The van der Waals surface area contributed by atoms with Crippen molar-refractivity contribution in [3.63, 3.8) is 0 Å². The van der Waals surface area contributed by atoms with Gasteiger partial charge in [0.15, 0.2) is 6.54 Å². The van der Waals surface area contributed by atoms with Crippen LogP contribution in [0.2, 0.25) is 0 Å². The lowest BCUT2D eigenvalue weighted by Gasteiger charge is -2.33. The van der Waals surface area contributed by atoms with Gasteiger partial charge >= 0.3 is 0 Å². The Bertz CT molecular complexity index is 1020. The molecule has 1 amide bonds. The van der Waals surface area contributed by atoms with E-state index in [1.807, 2.05) is 62.4 Å². The Morgan fingerprint density at radius 2 is 1.80 bits per heavy atom. The highest BCUT2D eigenvalue weighted by atomic mass is 16.3. The maximum atomic E-state index is 12.7. The molecule has 0 spiro atoms. The molecule has 4 rings (SSSR count). The summed E-state index contributed by atoms with van der Waals surface area (Å²) in [5.74, 6) is 0.973. The van der Waals surface area contributed by atoms with Gasteiger partial charge < -0.3 is 20.2 Å². The van der Waals surface area contributed by atoms with Gasteiger partial charge in [0.2, 0.25) is 0 Å². The van der Waals surface area contributed by atoms with Crippen molar-refractivity contribution in [3.8, 4) is 11.4 Å². The van der Waals surface area contributed by atoms with Gasteiger partial charge in [0.05, 0.1) is 43.2 Å². The van der Waals surface area contributed by atoms with Crippen LogP contribution in [0.5, 0.6) is 5.75 Å². The molecule has 7 nitrogen and oxygen atoms in total. The first kappa shape index (κ1) is 20.0. The summed E-state index contributed by atoms with van der Waals surface area (Å²) in [6, 6.07) is 17.4. The molecule has 1 fully saturated rings. The molecule has 1 aromatic heterocycles. The van der Waals surface area contributed by atoms with Crippen molar-refractivity contribution >= 4 is 17.4 Å². The van der Waals surface area contributed by atoms with Crippen LogP contribution in [0.25, 0.3) is 5.69 Å². The number of para-hydroxylation sites is 2. The number of hydrogen-bond donors (Lipinski definition) is 3. The van der Waals surface area contributed by atoms with Crippen LogP contribution in [0.1, 0.15) is 11.3 Å². The van der Waals surface area contributed by atoms with E-state index >= 15 is 0 Å². The number of carbonyl (C=O) groups excluding carboxylic acids is 1. The Hall–Kier alpha value is -3.32. The number of aromatic nitrogens is 2. The molecule has 3 aromatic rings. The molecule has 1 saturated heterocycles. The van der Waals surface area contributed by atoms with Crippen LogP contribution in [0.15, 0.2) is 54.6 Å². The number of amides is 1. The number of rotatable bonds is 5. The van der Waals surface area contributed by atoms with Gasteiger partial charge in [0.25, 0.3) is 5.91 Å². The van der Waals surface area contributed by atoms with Gasteiger partial charge in [0, 0.05) is 6.07 Å². The van der Waals surface area contributed by atoms with Gasteiger partial charge in [-0.2, -0.15) is 5.10 Å². The zero-order valence-corrected chi connectivity index (χ0v) is 17.4. The van der Waals surface area contributed by atoms with Crippen LogP contribution in [0.3, 0.4) is 0 Å². The summed E-state index contributed by atoms with van der Waals surface area (Å²) < 4.78 is 1.78. The number of aromatic hydroxyl groups is 1. The summed E-state index contributed by atoms with van der Waals surface area (Å²) in [4.78, 5) is 16.1. The number of piperazine rings is 1. The highest BCUT2D eigenvalue weighted by molar-refractivity contribution is 5.91. The van der Waals surface area contributed by atoms with E-state index < -0.39 is 0 Å². The number of nitrogens with zero attached hydrogens (tertiary/aromatic N) is 3. The van der Waals surface area contributed by atoms with Crippen molar-refractivity contribution in [2.24, 2.45) is 0 Å². The largest absolute Gasteiger partial charge is 0.506 e. The summed E-state index contributed by atoms with van der Waals surface area (Å²) in [7, 11) is 0. The topological polar surface area (TPSA) is 74.8 Å². The van der Waals surface area contributed by atoms with Crippen molar-refractivity contribution in [2.45, 2.75) is 13.8 Å². The Labute approximate surface area is 176 Å². The first-order chi connectivity index (χ1) is 14.5. The number of phenols is 1. The Balaban J connectivity index is 1.36. The van der Waals surface area contributed by atoms with Crippen LogP contribution in [-0.2, 0) is 4.79 Å². The van der Waals surface area contributed by atoms with Crippen LogP contribution >= 0.6 is 0 Å². The quantitative estimate of drug-likeness (QED) is 0.601. The molecular weight excluding hydrogens is 378 g/mol. The minimum absolute atomic E-state index is 0.0192. The molecule has 0 saturated carbocycles. The van der Waals surface area contributed by atoms with E-state index in [9.17, 15) is 9.90 Å². The minimum atomic E-state index is -0.0192. The third-order valence-electron chi connectivity index (χ3n) is 5.48. The van der Waals surface area contributed by atoms with Crippen molar-refractivity contribution in [2.75, 3.05) is 42.9 Å². The summed E-state index contributed by atoms with van der Waals surface area (Å²) in [6.45, 7) is 7.68. The van der Waals surface area contributed by atoms with Crippen molar-refractivity contribution in [1.82, 2.24) is 9.78 Å². The number of phenolic OH excluding ortho intramolecular Hbond substituents is 1. The van der Waals surface area contributed by atoms with E-state index in [0.717, 1.165) is 43.2 Å². The predicted molar refractivity (Wildman–Crippen MR) is 118 cm³/mol. The Morgan fingerprint density at radius 3 is 2.50 bits per heavy atom. The minimum Gasteiger partial charge on any atom is -0.506 e. The number of quaternary nitrogens is 1. The fraction of sp³-hybridized carbons (Fsp3) is 0.304. The fourth-order valence-corrected chi connectivity index (χ4v) is 3.86. The van der Waals surface area contributed by atoms with Gasteiger partial charge in [-0.1, -0.05) is 29.8 Å². The second kappa shape index (κ2) is 8.59. The summed E-state index contributed by atoms with van der Waals surface area (Å²) in [5, 5.41) is 17.6. The molecule has 1 aliphatic heterocycles. The molecule has 2 aromatic carbocycles. The SMILES string of the molecule is Cc1ccc(-n2nc(C)cc2NC(=O)C[NH+]2CCN(c3ccccc3O)CC2)cc1. The van der Waals surface area contributed by atoms with Gasteiger partial charge in [-0.25, -0.2) is 4.68 Å². The Morgan fingerprint density at radius 1 is 1.10 bits per heavy atom. The summed E-state index contributed by atoms with van der Waals surface area (Å²) >= 11 is 0. The molecule has 1 aliphatic rings. The smallest absolute Gasteiger partial charge is 0.280 e. The lowest BCUT2D eigenvalue weighted by atomic mass is 10.2. The zero-order valence-electron chi connectivity index (χ0n) is 17.4. The molecule has 7 heteroatoms. The highest BCUT2D eigenvalue weighted by Gasteiger charge is 2.24. The predicted octanol–water partition coefficient (Wildman–Crippen LogP) is 1.54. The van der Waals surface area contributed by atoms with E-state index in [1.165, 1.54) is 10.5 Å². The van der Waals surface area contributed by atoms with Crippen LogP contribution in [0.4, 0.5) is 11.5 Å². The van der Waals surface area contributed by atoms with Crippen LogP contribution in [0, 0.1) is 13.8 Å². The molecule has 30 heavy (non-hydrogen) atoms. The number of carbonyl (C=O) groups is 1. The van der Waals surface area contributed by atoms with Crippen LogP contribution < -0.4 is 15.1 Å². The molecule has 2 heterocycles. The average molecular weight is 407 g/mol. The second-order valence-electron chi connectivity index (χ2n) is 7.87. The first-order valence-electron chi connectivity index (χ1n) is 10.3.